The fraction of sp³-hybridized carbons (Fsp3) is 0.250. The van der Waals surface area contributed by atoms with Gasteiger partial charge in [0.25, 0.3) is 0 Å². The lowest BCUT2D eigenvalue weighted by molar-refractivity contribution is 0.0590. The highest BCUT2D eigenvalue weighted by Crippen LogP contribution is 2.14. The number of aromatic nitrogens is 1. The summed E-state index contributed by atoms with van der Waals surface area (Å²) in [5.41, 5.74) is 0.592. The Morgan fingerprint density at radius 2 is 2.46 bits per heavy atom. The van der Waals surface area contributed by atoms with Gasteiger partial charge in [0, 0.05) is 16.2 Å². The maximum atomic E-state index is 11.1. The Kier molecular flexibility index (Phi) is 3.39. The monoisotopic (exact) mass is 245 g/mol. The maximum Gasteiger partial charge on any atom is 0.357 e. The molecular formula is C8H8BrNO3. The van der Waals surface area contributed by atoms with Crippen LogP contribution < -0.4 is 0 Å². The quantitative estimate of drug-likeness (QED) is 0.794. The Balaban J connectivity index is 3.13. The summed E-state index contributed by atoms with van der Waals surface area (Å²) >= 11 is 3.18. The summed E-state index contributed by atoms with van der Waals surface area (Å²) in [5.74, 6) is -0.545. The molecule has 0 aromatic carbocycles. The summed E-state index contributed by atoms with van der Waals surface area (Å²) in [4.78, 5) is 14.9. The van der Waals surface area contributed by atoms with Crippen molar-refractivity contribution < 1.29 is 14.6 Å². The first-order chi connectivity index (χ1) is 6.19. The summed E-state index contributed by atoms with van der Waals surface area (Å²) in [7, 11) is 1.27. The number of aliphatic hydroxyl groups excluding tert-OH is 1. The summed E-state index contributed by atoms with van der Waals surface area (Å²) in [6.07, 6.45) is 1.48. The van der Waals surface area contributed by atoms with Crippen LogP contribution in [0.2, 0.25) is 0 Å². The second kappa shape index (κ2) is 4.34. The average molecular weight is 246 g/mol. The molecule has 0 saturated carbocycles. The van der Waals surface area contributed by atoms with Gasteiger partial charge in [-0.05, 0) is 22.0 Å². The van der Waals surface area contributed by atoms with Gasteiger partial charge in [-0.15, -0.1) is 0 Å². The number of ether oxygens (including phenoxy) is 1. The van der Waals surface area contributed by atoms with Crippen LogP contribution in [0.15, 0.2) is 16.7 Å². The molecule has 0 aliphatic carbocycles. The van der Waals surface area contributed by atoms with Crippen molar-refractivity contribution in [2.75, 3.05) is 7.11 Å². The lowest BCUT2D eigenvalue weighted by atomic mass is 10.2. The number of aliphatic hydroxyl groups is 1. The molecule has 0 radical (unpaired) electrons. The molecule has 13 heavy (non-hydrogen) atoms. The van der Waals surface area contributed by atoms with Crippen LogP contribution in [0.5, 0.6) is 0 Å². The highest BCUT2D eigenvalue weighted by molar-refractivity contribution is 9.10. The highest BCUT2D eigenvalue weighted by Gasteiger charge is 2.12. The molecule has 1 heterocycles. The molecule has 0 saturated heterocycles. The van der Waals surface area contributed by atoms with E-state index >= 15 is 0 Å². The van der Waals surface area contributed by atoms with Crippen LogP contribution in [0.25, 0.3) is 0 Å². The summed E-state index contributed by atoms with van der Waals surface area (Å²) in [6.45, 7) is -0.239. The smallest absolute Gasteiger partial charge is 0.357 e. The lowest BCUT2D eigenvalue weighted by Crippen LogP contribution is -2.08. The van der Waals surface area contributed by atoms with E-state index in [1.165, 1.54) is 13.3 Å². The van der Waals surface area contributed by atoms with Crippen molar-refractivity contribution in [2.45, 2.75) is 6.61 Å². The SMILES string of the molecule is COC(=O)c1ncc(Br)cc1CO. The first-order valence-electron chi connectivity index (χ1n) is 3.52. The number of hydrogen-bond acceptors (Lipinski definition) is 4. The Morgan fingerprint density at radius 3 is 3.00 bits per heavy atom. The Labute approximate surface area is 83.7 Å². The number of halogens is 1. The zero-order chi connectivity index (χ0) is 9.84. The summed E-state index contributed by atoms with van der Waals surface area (Å²) in [5, 5.41) is 8.92. The maximum absolute atomic E-state index is 11.1. The predicted molar refractivity (Wildman–Crippen MR) is 49.2 cm³/mol. The first kappa shape index (κ1) is 10.1. The number of nitrogens with zero attached hydrogens (tertiary/aromatic N) is 1. The second-order valence-corrected chi connectivity index (χ2v) is 3.23. The van der Waals surface area contributed by atoms with E-state index in [0.717, 1.165) is 0 Å². The number of hydrogen-bond donors (Lipinski definition) is 1. The van der Waals surface area contributed by atoms with Crippen LogP contribution >= 0.6 is 15.9 Å². The number of carbonyl (C=O) groups excluding carboxylic acids is 1. The molecule has 0 unspecified atom stereocenters. The fourth-order valence-electron chi connectivity index (χ4n) is 0.882. The number of esters is 1. The molecule has 5 heteroatoms. The Morgan fingerprint density at radius 1 is 1.77 bits per heavy atom. The predicted octanol–water partition coefficient (Wildman–Crippen LogP) is 1.12. The molecule has 0 fully saturated rings. The topological polar surface area (TPSA) is 59.4 Å². The minimum absolute atomic E-state index is 0.146. The van der Waals surface area contributed by atoms with Crippen LogP contribution in [-0.4, -0.2) is 23.2 Å². The fourth-order valence-corrected chi connectivity index (χ4v) is 1.26. The van der Waals surface area contributed by atoms with Gasteiger partial charge in [-0.1, -0.05) is 0 Å². The van der Waals surface area contributed by atoms with Gasteiger partial charge >= 0.3 is 5.97 Å². The third-order valence-corrected chi connectivity index (χ3v) is 1.92. The van der Waals surface area contributed by atoms with Gasteiger partial charge in [0.2, 0.25) is 0 Å². The largest absolute Gasteiger partial charge is 0.464 e. The molecule has 1 rings (SSSR count). The summed E-state index contributed by atoms with van der Waals surface area (Å²) < 4.78 is 5.20. The van der Waals surface area contributed by atoms with Crippen molar-refractivity contribution in [3.63, 3.8) is 0 Å². The molecule has 0 bridgehead atoms. The molecular weight excluding hydrogens is 238 g/mol. The normalized spacial score (nSPS) is 9.77. The molecule has 0 aliphatic heterocycles. The van der Waals surface area contributed by atoms with Crippen LogP contribution in [0.3, 0.4) is 0 Å². The summed E-state index contributed by atoms with van der Waals surface area (Å²) in [6, 6.07) is 1.62. The van der Waals surface area contributed by atoms with Gasteiger partial charge in [0.05, 0.1) is 13.7 Å². The third-order valence-electron chi connectivity index (χ3n) is 1.48. The molecule has 1 N–H and O–H groups in total. The first-order valence-corrected chi connectivity index (χ1v) is 4.32. The molecule has 0 atom stereocenters. The second-order valence-electron chi connectivity index (χ2n) is 2.31. The van der Waals surface area contributed by atoms with Gasteiger partial charge in [-0.25, -0.2) is 9.78 Å². The highest BCUT2D eigenvalue weighted by atomic mass is 79.9. The molecule has 70 valence electrons. The average Bonchev–Trinajstić information content (AvgIpc) is 2.16. The van der Waals surface area contributed by atoms with Crippen molar-refractivity contribution in [1.29, 1.82) is 0 Å². The molecule has 0 amide bonds. The third kappa shape index (κ3) is 2.26. The van der Waals surface area contributed by atoms with Gasteiger partial charge in [0.1, 0.15) is 0 Å². The molecule has 0 aliphatic rings. The standard InChI is InChI=1S/C8H8BrNO3/c1-13-8(12)7-5(4-11)2-6(9)3-10-7/h2-3,11H,4H2,1H3. The molecule has 1 aromatic heterocycles. The van der Waals surface area contributed by atoms with E-state index in [0.29, 0.717) is 10.0 Å². The zero-order valence-electron chi connectivity index (χ0n) is 6.95. The van der Waals surface area contributed by atoms with E-state index < -0.39 is 5.97 Å². The van der Waals surface area contributed by atoms with E-state index in [4.69, 9.17) is 5.11 Å². The van der Waals surface area contributed by atoms with E-state index in [9.17, 15) is 4.79 Å². The van der Waals surface area contributed by atoms with Crippen molar-refractivity contribution in [1.82, 2.24) is 4.98 Å². The number of rotatable bonds is 2. The number of carbonyl (C=O) groups is 1. The van der Waals surface area contributed by atoms with Gasteiger partial charge in [0.15, 0.2) is 5.69 Å². The van der Waals surface area contributed by atoms with E-state index in [-0.39, 0.29) is 12.3 Å². The number of pyridine rings is 1. The minimum Gasteiger partial charge on any atom is -0.464 e. The molecule has 0 spiro atoms. The van der Waals surface area contributed by atoms with Gasteiger partial charge in [-0.2, -0.15) is 0 Å². The van der Waals surface area contributed by atoms with Crippen LogP contribution in [0.4, 0.5) is 0 Å². The van der Waals surface area contributed by atoms with E-state index in [1.807, 2.05) is 0 Å². The van der Waals surface area contributed by atoms with Crippen molar-refractivity contribution in [3.8, 4) is 0 Å². The Bertz CT molecular complexity index is 327. The van der Waals surface area contributed by atoms with Crippen molar-refractivity contribution in [3.05, 3.63) is 28.0 Å². The van der Waals surface area contributed by atoms with Crippen molar-refractivity contribution >= 4 is 21.9 Å². The zero-order valence-corrected chi connectivity index (χ0v) is 8.54. The van der Waals surface area contributed by atoms with E-state index in [1.54, 1.807) is 6.07 Å². The Hall–Kier alpha value is -0.940. The minimum atomic E-state index is -0.545. The molecule has 1 aromatic rings. The van der Waals surface area contributed by atoms with Crippen LogP contribution in [0.1, 0.15) is 16.1 Å². The van der Waals surface area contributed by atoms with E-state index in [2.05, 4.69) is 25.7 Å². The van der Waals surface area contributed by atoms with Gasteiger partial charge in [-0.3, -0.25) is 0 Å². The van der Waals surface area contributed by atoms with Crippen LogP contribution in [-0.2, 0) is 11.3 Å². The molecule has 4 nitrogen and oxygen atoms in total. The van der Waals surface area contributed by atoms with Gasteiger partial charge < -0.3 is 9.84 Å². The van der Waals surface area contributed by atoms with Crippen LogP contribution in [0, 0.1) is 0 Å². The number of methoxy groups -OCH3 is 1. The van der Waals surface area contributed by atoms with Crippen molar-refractivity contribution in [2.24, 2.45) is 0 Å². The lowest BCUT2D eigenvalue weighted by Gasteiger charge is -2.03.